The molecule has 1 N–H and O–H groups in total. The number of carbonyl (C=O) groups excluding carboxylic acids is 2. The van der Waals surface area contributed by atoms with Gasteiger partial charge in [-0.05, 0) is 48.3 Å². The molecule has 128 valence electrons. The molecular formula is C19H28O4. The lowest BCUT2D eigenvalue weighted by Crippen LogP contribution is -2.54. The number of hydrogen-bond acceptors (Lipinski definition) is 3. The SMILES string of the molecule is C[C@H]1CC(=O)[C@](C)(CCC(=O)O)[C@H]2CC[C@]3(C)CC(=O)C[C@H]3[C@H]12. The van der Waals surface area contributed by atoms with Crippen LogP contribution in [0.4, 0.5) is 0 Å². The molecule has 0 aromatic carbocycles. The Hall–Kier alpha value is -1.19. The fraction of sp³-hybridized carbons (Fsp3) is 0.842. The van der Waals surface area contributed by atoms with E-state index in [1.54, 1.807) is 0 Å². The van der Waals surface area contributed by atoms with Gasteiger partial charge >= 0.3 is 5.97 Å². The Morgan fingerprint density at radius 2 is 1.91 bits per heavy atom. The number of Topliss-reactive ketones (excluding diaryl/α,β-unsaturated/α-hetero) is 2. The lowest BCUT2D eigenvalue weighted by atomic mass is 9.47. The fourth-order valence-electron chi connectivity index (χ4n) is 6.07. The predicted octanol–water partition coefficient (Wildman–Crippen LogP) is 3.48. The van der Waals surface area contributed by atoms with Gasteiger partial charge in [-0.3, -0.25) is 14.4 Å². The smallest absolute Gasteiger partial charge is 0.303 e. The predicted molar refractivity (Wildman–Crippen MR) is 85.8 cm³/mol. The number of hydrogen-bond donors (Lipinski definition) is 1. The highest BCUT2D eigenvalue weighted by molar-refractivity contribution is 5.87. The molecule has 0 bridgehead atoms. The van der Waals surface area contributed by atoms with Crippen LogP contribution in [0, 0.1) is 34.5 Å². The molecule has 0 spiro atoms. The molecule has 0 heterocycles. The molecule has 3 aliphatic rings. The van der Waals surface area contributed by atoms with Gasteiger partial charge in [0, 0.05) is 31.1 Å². The van der Waals surface area contributed by atoms with Crippen LogP contribution < -0.4 is 0 Å². The summed E-state index contributed by atoms with van der Waals surface area (Å²) in [7, 11) is 0. The maximum absolute atomic E-state index is 12.8. The molecule has 0 saturated heterocycles. The highest BCUT2D eigenvalue weighted by Crippen LogP contribution is 2.63. The number of ketones is 2. The molecular weight excluding hydrogens is 292 g/mol. The van der Waals surface area contributed by atoms with E-state index in [4.69, 9.17) is 5.11 Å². The lowest BCUT2D eigenvalue weighted by molar-refractivity contribution is -0.152. The minimum Gasteiger partial charge on any atom is -0.481 e. The van der Waals surface area contributed by atoms with Crippen LogP contribution in [0.15, 0.2) is 0 Å². The van der Waals surface area contributed by atoms with Gasteiger partial charge < -0.3 is 5.11 Å². The summed E-state index contributed by atoms with van der Waals surface area (Å²) in [5.74, 6) is 1.08. The number of carboxylic acids is 1. The summed E-state index contributed by atoms with van der Waals surface area (Å²) in [5, 5.41) is 9.06. The summed E-state index contributed by atoms with van der Waals surface area (Å²) < 4.78 is 0. The summed E-state index contributed by atoms with van der Waals surface area (Å²) in [6.45, 7) is 6.39. The van der Waals surface area contributed by atoms with Gasteiger partial charge in [-0.15, -0.1) is 0 Å². The molecule has 0 unspecified atom stereocenters. The molecule has 4 nitrogen and oxygen atoms in total. The van der Waals surface area contributed by atoms with Gasteiger partial charge in [0.1, 0.15) is 11.6 Å². The van der Waals surface area contributed by atoms with Crippen molar-refractivity contribution in [3.8, 4) is 0 Å². The van der Waals surface area contributed by atoms with E-state index in [9.17, 15) is 14.4 Å². The highest BCUT2D eigenvalue weighted by Gasteiger charge is 2.60. The first-order chi connectivity index (χ1) is 10.7. The first kappa shape index (κ1) is 16.7. The summed E-state index contributed by atoms with van der Waals surface area (Å²) in [6, 6.07) is 0. The zero-order valence-electron chi connectivity index (χ0n) is 14.4. The van der Waals surface area contributed by atoms with Gasteiger partial charge in [0.05, 0.1) is 0 Å². The van der Waals surface area contributed by atoms with Gasteiger partial charge in [-0.25, -0.2) is 0 Å². The largest absolute Gasteiger partial charge is 0.481 e. The second-order valence-electron chi connectivity index (χ2n) is 8.82. The molecule has 3 aliphatic carbocycles. The molecule has 0 amide bonds. The maximum atomic E-state index is 12.8. The topological polar surface area (TPSA) is 71.4 Å². The molecule has 3 saturated carbocycles. The van der Waals surface area contributed by atoms with Gasteiger partial charge in [0.25, 0.3) is 0 Å². The monoisotopic (exact) mass is 320 g/mol. The average molecular weight is 320 g/mol. The van der Waals surface area contributed by atoms with E-state index in [-0.39, 0.29) is 23.5 Å². The molecule has 6 atom stereocenters. The number of aliphatic carboxylic acids is 1. The Morgan fingerprint density at radius 1 is 1.22 bits per heavy atom. The lowest BCUT2D eigenvalue weighted by Gasteiger charge is -2.56. The summed E-state index contributed by atoms with van der Waals surface area (Å²) in [5.41, 5.74) is -0.427. The molecule has 3 rings (SSSR count). The minimum absolute atomic E-state index is 0.0563. The Bertz CT molecular complexity index is 554. The van der Waals surface area contributed by atoms with Gasteiger partial charge in [-0.1, -0.05) is 20.8 Å². The van der Waals surface area contributed by atoms with E-state index in [1.807, 2.05) is 6.92 Å². The fourth-order valence-corrected chi connectivity index (χ4v) is 6.07. The van der Waals surface area contributed by atoms with E-state index >= 15 is 0 Å². The quantitative estimate of drug-likeness (QED) is 0.864. The molecule has 0 aromatic heterocycles. The number of carboxylic acid groups (broad SMARTS) is 1. The third kappa shape index (κ3) is 2.54. The van der Waals surface area contributed by atoms with Crippen molar-refractivity contribution < 1.29 is 19.5 Å². The van der Waals surface area contributed by atoms with Crippen molar-refractivity contribution in [1.82, 2.24) is 0 Å². The second kappa shape index (κ2) is 5.42. The average Bonchev–Trinajstić information content (AvgIpc) is 2.76. The maximum Gasteiger partial charge on any atom is 0.303 e. The van der Waals surface area contributed by atoms with Crippen molar-refractivity contribution in [2.45, 2.75) is 65.7 Å². The van der Waals surface area contributed by atoms with Crippen molar-refractivity contribution in [2.75, 3.05) is 0 Å². The van der Waals surface area contributed by atoms with Crippen molar-refractivity contribution in [3.63, 3.8) is 0 Å². The van der Waals surface area contributed by atoms with E-state index < -0.39 is 11.4 Å². The van der Waals surface area contributed by atoms with Crippen LogP contribution >= 0.6 is 0 Å². The number of fused-ring (bicyclic) bond motifs is 3. The van der Waals surface area contributed by atoms with E-state index in [0.29, 0.717) is 49.2 Å². The summed E-state index contributed by atoms with van der Waals surface area (Å²) in [6.07, 6.45) is 4.33. The normalized spacial score (nSPS) is 46.4. The Balaban J connectivity index is 1.93. The van der Waals surface area contributed by atoms with Crippen LogP contribution in [0.2, 0.25) is 0 Å². The van der Waals surface area contributed by atoms with E-state index in [0.717, 1.165) is 12.8 Å². The third-order valence-electron chi connectivity index (χ3n) is 7.38. The van der Waals surface area contributed by atoms with Crippen LogP contribution in [0.3, 0.4) is 0 Å². The van der Waals surface area contributed by atoms with Gasteiger partial charge in [0.15, 0.2) is 0 Å². The molecule has 0 aromatic rings. The second-order valence-corrected chi connectivity index (χ2v) is 8.82. The van der Waals surface area contributed by atoms with Gasteiger partial charge in [0.2, 0.25) is 0 Å². The zero-order valence-corrected chi connectivity index (χ0v) is 14.4. The molecule has 23 heavy (non-hydrogen) atoms. The van der Waals surface area contributed by atoms with Crippen molar-refractivity contribution in [3.05, 3.63) is 0 Å². The molecule has 0 radical (unpaired) electrons. The van der Waals surface area contributed by atoms with Crippen LogP contribution in [-0.4, -0.2) is 22.6 Å². The first-order valence-electron chi connectivity index (χ1n) is 8.94. The Morgan fingerprint density at radius 3 is 2.57 bits per heavy atom. The third-order valence-corrected chi connectivity index (χ3v) is 7.38. The van der Waals surface area contributed by atoms with Gasteiger partial charge in [-0.2, -0.15) is 0 Å². The van der Waals surface area contributed by atoms with Crippen molar-refractivity contribution in [2.24, 2.45) is 34.5 Å². The van der Waals surface area contributed by atoms with E-state index in [2.05, 4.69) is 13.8 Å². The number of carbonyl (C=O) groups is 3. The standard InChI is InChI=1S/C19H28O4/c1-11-8-15(21)19(3,7-5-16(22)23)13-4-6-18(2)10-12(20)9-14(18)17(11)13/h11,13-14,17H,4-10H2,1-3H3,(H,22,23)/t11-,13-,14-,17+,18+,19+/m0/s1. The van der Waals surface area contributed by atoms with Crippen molar-refractivity contribution >= 4 is 17.5 Å². The van der Waals surface area contributed by atoms with E-state index in [1.165, 1.54) is 0 Å². The molecule has 3 fully saturated rings. The number of rotatable bonds is 3. The van der Waals surface area contributed by atoms with Crippen molar-refractivity contribution in [1.29, 1.82) is 0 Å². The molecule has 4 heteroatoms. The molecule has 0 aliphatic heterocycles. The van der Waals surface area contributed by atoms with Crippen LogP contribution in [0.1, 0.15) is 65.7 Å². The first-order valence-corrected chi connectivity index (χ1v) is 8.94. The van der Waals surface area contributed by atoms with Crippen LogP contribution in [0.5, 0.6) is 0 Å². The highest BCUT2D eigenvalue weighted by atomic mass is 16.4. The summed E-state index contributed by atoms with van der Waals surface area (Å²) >= 11 is 0. The summed E-state index contributed by atoms with van der Waals surface area (Å²) in [4.78, 5) is 35.9. The van der Waals surface area contributed by atoms with Crippen LogP contribution in [-0.2, 0) is 14.4 Å². The minimum atomic E-state index is -0.828. The zero-order chi connectivity index (χ0) is 17.0. The van der Waals surface area contributed by atoms with Crippen LogP contribution in [0.25, 0.3) is 0 Å². The Labute approximate surface area is 138 Å². The Kier molecular flexibility index (Phi) is 3.93.